The Morgan fingerprint density at radius 2 is 1.55 bits per heavy atom. The zero-order valence-corrected chi connectivity index (χ0v) is 19.8. The second-order valence-corrected chi connectivity index (χ2v) is 8.02. The number of carbonyl (C=O) groups is 1. The topological polar surface area (TPSA) is 157 Å². The Balaban J connectivity index is 1.65. The van der Waals surface area contributed by atoms with E-state index in [4.69, 9.17) is 9.47 Å². The van der Waals surface area contributed by atoms with Gasteiger partial charge in [-0.2, -0.15) is 0 Å². The van der Waals surface area contributed by atoms with Crippen LogP contribution in [-0.2, 0) is 17.8 Å². The Morgan fingerprint density at radius 1 is 1.00 bits per heavy atom. The zero-order valence-electron chi connectivity index (χ0n) is 17.6. The van der Waals surface area contributed by atoms with E-state index in [0.717, 1.165) is 9.77 Å². The van der Waals surface area contributed by atoms with Crippen molar-refractivity contribution in [3.8, 4) is 5.75 Å². The predicted molar refractivity (Wildman–Crippen MR) is 122 cm³/mol. The van der Waals surface area contributed by atoms with Crippen LogP contribution in [0.5, 0.6) is 5.75 Å². The van der Waals surface area contributed by atoms with Gasteiger partial charge in [0.1, 0.15) is 50.0 Å². The number of hydrogen-bond acceptors (Lipinski definition) is 9. The van der Waals surface area contributed by atoms with E-state index in [1.807, 2.05) is 0 Å². The minimum atomic E-state index is -0.661. The highest BCUT2D eigenvalue weighted by atomic mass is 127. The minimum Gasteiger partial charge on any atom is -0.489 e. The summed E-state index contributed by atoms with van der Waals surface area (Å²) in [5.41, 5.74) is 0.170. The molecule has 0 amide bonds. The van der Waals surface area contributed by atoms with E-state index in [1.165, 1.54) is 15.3 Å². The second kappa shape index (κ2) is 10.4. The Labute approximate surface area is 200 Å². The molecule has 0 aliphatic carbocycles. The van der Waals surface area contributed by atoms with Gasteiger partial charge in [-0.15, -0.1) is 0 Å². The van der Waals surface area contributed by atoms with Crippen molar-refractivity contribution >= 4 is 40.2 Å². The molecule has 0 fully saturated rings. The summed E-state index contributed by atoms with van der Waals surface area (Å²) in [7, 11) is 0. The predicted octanol–water partition coefficient (Wildman–Crippen LogP) is 3.05. The highest BCUT2D eigenvalue weighted by molar-refractivity contribution is 14.1. The van der Waals surface area contributed by atoms with Crippen LogP contribution in [0, 0.1) is 37.6 Å². The summed E-state index contributed by atoms with van der Waals surface area (Å²) in [5.74, 6) is 0.160. The van der Waals surface area contributed by atoms with Gasteiger partial charge < -0.3 is 29.7 Å². The second-order valence-electron chi connectivity index (χ2n) is 6.77. The number of aryl methyl sites for hydroxylation is 2. The van der Waals surface area contributed by atoms with Gasteiger partial charge in [-0.3, -0.25) is 0 Å². The van der Waals surface area contributed by atoms with Crippen LogP contribution < -0.4 is 4.74 Å². The van der Waals surface area contributed by atoms with Crippen molar-refractivity contribution in [2.24, 2.45) is 0 Å². The molecular weight excluding hydrogens is 551 g/mol. The number of benzene rings is 1. The smallest absolute Gasteiger partial charge is 0.342 e. The maximum atomic E-state index is 12.6. The molecule has 2 aromatic heterocycles. The molecule has 0 saturated carbocycles. The van der Waals surface area contributed by atoms with Crippen molar-refractivity contribution in [3.05, 3.63) is 71.6 Å². The molecule has 0 aliphatic rings. The van der Waals surface area contributed by atoms with Crippen molar-refractivity contribution in [3.63, 3.8) is 0 Å². The van der Waals surface area contributed by atoms with E-state index in [-0.39, 0.29) is 49.3 Å². The van der Waals surface area contributed by atoms with Gasteiger partial charge in [-0.05, 0) is 50.6 Å². The standard InChI is InChI=1S/C19H19IN6O7/c1-12-21-10-17(25(28)29)23(12)5-7-32-16-9-14(20)3-4-15(16)19(27)33-8-6-24-13(2)22-11-18(24)26(30)31/h3-4,9-11H,5-8H2,1-2H3. The molecule has 0 aliphatic heterocycles. The molecule has 14 heteroatoms. The fourth-order valence-corrected chi connectivity index (χ4v) is 3.56. The number of esters is 1. The molecule has 3 rings (SSSR count). The Hall–Kier alpha value is -3.56. The maximum Gasteiger partial charge on any atom is 0.342 e. The number of nitrogens with zero attached hydrogens (tertiary/aromatic N) is 6. The molecule has 0 spiro atoms. The molecule has 0 bridgehead atoms. The van der Waals surface area contributed by atoms with Crippen LogP contribution in [0.15, 0.2) is 30.6 Å². The fourth-order valence-electron chi connectivity index (χ4n) is 3.10. The molecule has 0 atom stereocenters. The first-order valence-corrected chi connectivity index (χ1v) is 10.7. The van der Waals surface area contributed by atoms with Gasteiger partial charge in [0.05, 0.1) is 0 Å². The highest BCUT2D eigenvalue weighted by Crippen LogP contribution is 2.23. The molecule has 0 N–H and O–H groups in total. The lowest BCUT2D eigenvalue weighted by Crippen LogP contribution is -2.16. The van der Waals surface area contributed by atoms with Crippen molar-refractivity contribution in [2.45, 2.75) is 26.9 Å². The van der Waals surface area contributed by atoms with Gasteiger partial charge in [-0.1, -0.05) is 0 Å². The number of ether oxygens (including phenoxy) is 2. The SMILES string of the molecule is Cc1ncc([N+](=O)[O-])n1CCOC(=O)c1ccc(I)cc1OCCn1c([N+](=O)[O-])cnc1C. The van der Waals surface area contributed by atoms with Crippen molar-refractivity contribution in [1.29, 1.82) is 0 Å². The van der Waals surface area contributed by atoms with Crippen LogP contribution in [0.25, 0.3) is 0 Å². The van der Waals surface area contributed by atoms with Gasteiger partial charge in [0, 0.05) is 17.4 Å². The Morgan fingerprint density at radius 3 is 2.09 bits per heavy atom. The van der Waals surface area contributed by atoms with Crippen LogP contribution in [-0.4, -0.2) is 48.1 Å². The third-order valence-corrected chi connectivity index (χ3v) is 5.40. The Kier molecular flexibility index (Phi) is 7.57. The fraction of sp³-hybridized carbons (Fsp3) is 0.316. The van der Waals surface area contributed by atoms with Crippen molar-refractivity contribution in [1.82, 2.24) is 19.1 Å². The first kappa shape index (κ1) is 24.1. The van der Waals surface area contributed by atoms with Crippen LogP contribution >= 0.6 is 22.6 Å². The van der Waals surface area contributed by atoms with Gasteiger partial charge in [0.15, 0.2) is 11.6 Å². The van der Waals surface area contributed by atoms with Crippen molar-refractivity contribution < 1.29 is 24.1 Å². The van der Waals surface area contributed by atoms with E-state index in [0.29, 0.717) is 11.6 Å². The van der Waals surface area contributed by atoms with E-state index >= 15 is 0 Å². The van der Waals surface area contributed by atoms with Gasteiger partial charge in [-0.25, -0.2) is 23.9 Å². The lowest BCUT2D eigenvalue weighted by Gasteiger charge is -2.12. The minimum absolute atomic E-state index is 0.0544. The third kappa shape index (κ3) is 5.63. The summed E-state index contributed by atoms with van der Waals surface area (Å²) in [5, 5.41) is 22.2. The molecule has 13 nitrogen and oxygen atoms in total. The lowest BCUT2D eigenvalue weighted by molar-refractivity contribution is -0.392. The number of hydrogen-bond donors (Lipinski definition) is 0. The van der Waals surface area contributed by atoms with Crippen LogP contribution in [0.1, 0.15) is 22.0 Å². The first-order chi connectivity index (χ1) is 15.7. The first-order valence-electron chi connectivity index (χ1n) is 9.61. The summed E-state index contributed by atoms with van der Waals surface area (Å²) < 4.78 is 14.6. The van der Waals surface area contributed by atoms with Crippen LogP contribution in [0.3, 0.4) is 0 Å². The number of rotatable bonds is 10. The number of halogens is 1. The number of nitro groups is 2. The van der Waals surface area contributed by atoms with Gasteiger partial charge >= 0.3 is 17.6 Å². The average Bonchev–Trinajstić information content (AvgIpc) is 3.31. The lowest BCUT2D eigenvalue weighted by atomic mass is 10.2. The number of imidazole rings is 2. The van der Waals surface area contributed by atoms with Gasteiger partial charge in [0.25, 0.3) is 0 Å². The quantitative estimate of drug-likeness (QED) is 0.155. The van der Waals surface area contributed by atoms with Crippen molar-refractivity contribution in [2.75, 3.05) is 13.2 Å². The summed E-state index contributed by atoms with van der Waals surface area (Å²) in [4.78, 5) is 41.6. The largest absolute Gasteiger partial charge is 0.489 e. The summed E-state index contributed by atoms with van der Waals surface area (Å²) in [6.07, 6.45) is 2.32. The summed E-state index contributed by atoms with van der Waals surface area (Å²) in [6, 6.07) is 4.91. The normalized spacial score (nSPS) is 10.8. The summed E-state index contributed by atoms with van der Waals surface area (Å²) >= 11 is 2.07. The Bertz CT molecular complexity index is 1210. The molecule has 33 heavy (non-hydrogen) atoms. The number of aromatic nitrogens is 4. The van der Waals surface area contributed by atoms with E-state index in [9.17, 15) is 25.0 Å². The van der Waals surface area contributed by atoms with E-state index in [1.54, 1.807) is 32.0 Å². The molecule has 2 heterocycles. The zero-order chi connectivity index (χ0) is 24.1. The maximum absolute atomic E-state index is 12.6. The monoisotopic (exact) mass is 570 g/mol. The van der Waals surface area contributed by atoms with Crippen LogP contribution in [0.2, 0.25) is 0 Å². The molecule has 3 aromatic rings. The number of carbonyl (C=O) groups excluding carboxylic acids is 1. The molecule has 0 radical (unpaired) electrons. The van der Waals surface area contributed by atoms with E-state index in [2.05, 4.69) is 32.6 Å². The van der Waals surface area contributed by atoms with E-state index < -0.39 is 15.8 Å². The molecule has 174 valence electrons. The molecular formula is C19H19IN6O7. The van der Waals surface area contributed by atoms with Crippen LogP contribution in [0.4, 0.5) is 11.6 Å². The molecule has 0 unspecified atom stereocenters. The summed E-state index contributed by atoms with van der Waals surface area (Å²) in [6.45, 7) is 3.44. The third-order valence-electron chi connectivity index (χ3n) is 4.73. The average molecular weight is 570 g/mol. The molecule has 1 aromatic carbocycles. The van der Waals surface area contributed by atoms with Gasteiger partial charge in [0.2, 0.25) is 0 Å². The highest BCUT2D eigenvalue weighted by Gasteiger charge is 2.21. The molecule has 0 saturated heterocycles.